The quantitative estimate of drug-likeness (QED) is 0.812. The van der Waals surface area contributed by atoms with Crippen molar-refractivity contribution in [1.29, 1.82) is 0 Å². The summed E-state index contributed by atoms with van der Waals surface area (Å²) >= 11 is 0. The molecule has 19 heavy (non-hydrogen) atoms. The predicted octanol–water partition coefficient (Wildman–Crippen LogP) is 0.240. The molecule has 0 spiro atoms. The number of carboxylic acid groups (broad SMARTS) is 1. The van der Waals surface area contributed by atoms with E-state index in [2.05, 4.69) is 15.5 Å². The van der Waals surface area contributed by atoms with Crippen LogP contribution in [0.15, 0.2) is 4.52 Å². The maximum absolute atomic E-state index is 11.9. The molecule has 1 aromatic rings. The van der Waals surface area contributed by atoms with Gasteiger partial charge >= 0.3 is 12.0 Å². The minimum Gasteiger partial charge on any atom is -0.481 e. The molecule has 2 N–H and O–H groups in total. The van der Waals surface area contributed by atoms with Gasteiger partial charge < -0.3 is 19.8 Å². The van der Waals surface area contributed by atoms with E-state index in [1.807, 2.05) is 6.92 Å². The minimum absolute atomic E-state index is 0.0457. The number of aromatic nitrogens is 2. The number of hydrogen-bond donors (Lipinski definition) is 2. The summed E-state index contributed by atoms with van der Waals surface area (Å²) in [5, 5.41) is 15.3. The molecule has 1 aliphatic heterocycles. The number of aliphatic carboxylic acids is 1. The minimum atomic E-state index is -0.864. The molecular weight excluding hydrogens is 252 g/mol. The number of rotatable bonds is 3. The molecule has 1 fully saturated rings. The fourth-order valence-corrected chi connectivity index (χ4v) is 2.13. The average molecular weight is 268 g/mol. The Kier molecular flexibility index (Phi) is 3.68. The van der Waals surface area contributed by atoms with Crippen LogP contribution in [0.2, 0.25) is 0 Å². The van der Waals surface area contributed by atoms with Crippen molar-refractivity contribution in [2.45, 2.75) is 20.4 Å². The van der Waals surface area contributed by atoms with Crippen LogP contribution in [0.25, 0.3) is 0 Å². The lowest BCUT2D eigenvalue weighted by Crippen LogP contribution is -2.38. The molecule has 8 nitrogen and oxygen atoms in total. The third-order valence-electron chi connectivity index (χ3n) is 3.18. The molecule has 0 saturated carbocycles. The number of amides is 2. The molecule has 1 aliphatic rings. The van der Waals surface area contributed by atoms with Gasteiger partial charge in [0, 0.05) is 20.0 Å². The topological polar surface area (TPSA) is 109 Å². The van der Waals surface area contributed by atoms with E-state index in [0.717, 1.165) is 0 Å². The van der Waals surface area contributed by atoms with Crippen LogP contribution in [0.5, 0.6) is 0 Å². The molecule has 2 rings (SSSR count). The Balaban J connectivity index is 1.86. The molecule has 8 heteroatoms. The van der Waals surface area contributed by atoms with Gasteiger partial charge in [-0.2, -0.15) is 4.98 Å². The van der Waals surface area contributed by atoms with E-state index in [1.165, 1.54) is 4.90 Å². The molecule has 1 saturated heterocycles. The van der Waals surface area contributed by atoms with Crippen LogP contribution in [-0.2, 0) is 11.3 Å². The van der Waals surface area contributed by atoms with E-state index in [0.29, 0.717) is 18.3 Å². The summed E-state index contributed by atoms with van der Waals surface area (Å²) in [7, 11) is 0. The van der Waals surface area contributed by atoms with Crippen molar-refractivity contribution in [3.05, 3.63) is 11.7 Å². The number of carbonyl (C=O) groups excluding carboxylic acids is 1. The Hall–Kier alpha value is -2.12. The summed E-state index contributed by atoms with van der Waals surface area (Å²) < 4.78 is 4.78. The van der Waals surface area contributed by atoms with Gasteiger partial charge in [0.1, 0.15) is 0 Å². The van der Waals surface area contributed by atoms with Crippen molar-refractivity contribution < 1.29 is 19.2 Å². The Bertz CT molecular complexity index is 487. The standard InChI is InChI=1S/C11H16N4O4/c1-6-4-15(5-8(6)10(16)17)11(18)12-3-9-13-7(2)19-14-9/h6,8H,3-5H2,1-2H3,(H,12,18)(H,16,17)/t6-,8-/m1/s1. The molecule has 1 aromatic heterocycles. The first kappa shape index (κ1) is 13.3. The van der Waals surface area contributed by atoms with Crippen molar-refractivity contribution in [2.75, 3.05) is 13.1 Å². The Morgan fingerprint density at radius 1 is 1.53 bits per heavy atom. The van der Waals surface area contributed by atoms with Gasteiger partial charge in [0.15, 0.2) is 5.82 Å². The van der Waals surface area contributed by atoms with E-state index < -0.39 is 11.9 Å². The monoisotopic (exact) mass is 268 g/mol. The lowest BCUT2D eigenvalue weighted by Gasteiger charge is -2.15. The van der Waals surface area contributed by atoms with Gasteiger partial charge in [0.05, 0.1) is 12.5 Å². The largest absolute Gasteiger partial charge is 0.481 e. The van der Waals surface area contributed by atoms with Gasteiger partial charge in [-0.15, -0.1) is 0 Å². The Morgan fingerprint density at radius 2 is 2.26 bits per heavy atom. The number of carbonyl (C=O) groups is 2. The number of carboxylic acids is 1. The van der Waals surface area contributed by atoms with Crippen LogP contribution in [-0.4, -0.2) is 45.2 Å². The first-order valence-electron chi connectivity index (χ1n) is 6.02. The molecule has 2 amide bonds. The second-order valence-electron chi connectivity index (χ2n) is 4.72. The number of urea groups is 1. The summed E-state index contributed by atoms with van der Waals surface area (Å²) in [6.07, 6.45) is 0. The molecule has 0 unspecified atom stereocenters. The van der Waals surface area contributed by atoms with Crippen molar-refractivity contribution in [3.8, 4) is 0 Å². The smallest absolute Gasteiger partial charge is 0.317 e. The van der Waals surface area contributed by atoms with Crippen molar-refractivity contribution in [2.24, 2.45) is 11.8 Å². The highest BCUT2D eigenvalue weighted by atomic mass is 16.5. The fraction of sp³-hybridized carbons (Fsp3) is 0.636. The first-order chi connectivity index (χ1) is 8.97. The zero-order valence-corrected chi connectivity index (χ0v) is 10.8. The van der Waals surface area contributed by atoms with E-state index in [9.17, 15) is 9.59 Å². The van der Waals surface area contributed by atoms with Gasteiger partial charge in [-0.25, -0.2) is 4.79 Å². The highest BCUT2D eigenvalue weighted by Gasteiger charge is 2.36. The van der Waals surface area contributed by atoms with E-state index in [1.54, 1.807) is 6.92 Å². The summed E-state index contributed by atoms with van der Waals surface area (Å²) in [4.78, 5) is 28.3. The molecule has 104 valence electrons. The van der Waals surface area contributed by atoms with Crippen LogP contribution < -0.4 is 5.32 Å². The highest BCUT2D eigenvalue weighted by Crippen LogP contribution is 2.22. The average Bonchev–Trinajstić information content (AvgIpc) is 2.92. The Labute approximate surface area is 109 Å². The van der Waals surface area contributed by atoms with Crippen molar-refractivity contribution in [3.63, 3.8) is 0 Å². The van der Waals surface area contributed by atoms with Crippen LogP contribution in [0, 0.1) is 18.8 Å². The van der Waals surface area contributed by atoms with Gasteiger partial charge in [-0.05, 0) is 5.92 Å². The van der Waals surface area contributed by atoms with Gasteiger partial charge in [-0.3, -0.25) is 4.79 Å². The van der Waals surface area contributed by atoms with Crippen LogP contribution in [0.4, 0.5) is 4.79 Å². The number of nitrogens with zero attached hydrogens (tertiary/aromatic N) is 3. The number of aryl methyl sites for hydroxylation is 1. The second kappa shape index (κ2) is 5.25. The molecule has 0 aliphatic carbocycles. The van der Waals surface area contributed by atoms with E-state index in [4.69, 9.17) is 9.63 Å². The van der Waals surface area contributed by atoms with Crippen molar-refractivity contribution >= 4 is 12.0 Å². The summed E-state index contributed by atoms with van der Waals surface area (Å²) in [6.45, 7) is 4.33. The van der Waals surface area contributed by atoms with Gasteiger partial charge in [0.25, 0.3) is 0 Å². The fourth-order valence-electron chi connectivity index (χ4n) is 2.13. The maximum Gasteiger partial charge on any atom is 0.317 e. The van der Waals surface area contributed by atoms with Crippen molar-refractivity contribution in [1.82, 2.24) is 20.4 Å². The normalized spacial score (nSPS) is 22.5. The second-order valence-corrected chi connectivity index (χ2v) is 4.72. The third kappa shape index (κ3) is 3.01. The zero-order chi connectivity index (χ0) is 14.0. The highest BCUT2D eigenvalue weighted by molar-refractivity contribution is 5.77. The zero-order valence-electron chi connectivity index (χ0n) is 10.8. The van der Waals surface area contributed by atoms with Gasteiger partial charge in [-0.1, -0.05) is 12.1 Å². The molecule has 2 heterocycles. The molecule has 2 atom stereocenters. The predicted molar refractivity (Wildman–Crippen MR) is 63.1 cm³/mol. The van der Waals surface area contributed by atoms with Gasteiger partial charge in [0.2, 0.25) is 5.89 Å². The molecular formula is C11H16N4O4. The summed E-state index contributed by atoms with van der Waals surface area (Å²) in [6, 6.07) is -0.307. The van der Waals surface area contributed by atoms with Crippen LogP contribution in [0.1, 0.15) is 18.6 Å². The maximum atomic E-state index is 11.9. The lowest BCUT2D eigenvalue weighted by molar-refractivity contribution is -0.142. The summed E-state index contributed by atoms with van der Waals surface area (Å²) in [5.74, 6) is -0.580. The third-order valence-corrected chi connectivity index (χ3v) is 3.18. The molecule has 0 bridgehead atoms. The number of likely N-dealkylation sites (tertiary alicyclic amines) is 1. The molecule has 0 aromatic carbocycles. The molecule has 0 radical (unpaired) electrons. The first-order valence-corrected chi connectivity index (χ1v) is 6.02. The number of hydrogen-bond acceptors (Lipinski definition) is 5. The SMILES string of the molecule is Cc1nc(CNC(=O)N2C[C@@H](C)[C@H](C(=O)O)C2)no1. The summed E-state index contributed by atoms with van der Waals surface area (Å²) in [5.41, 5.74) is 0. The number of nitrogens with one attached hydrogen (secondary N) is 1. The Morgan fingerprint density at radius 3 is 2.79 bits per heavy atom. The van der Waals surface area contributed by atoms with Crippen LogP contribution in [0.3, 0.4) is 0 Å². The van der Waals surface area contributed by atoms with Crippen LogP contribution >= 0.6 is 0 Å². The van der Waals surface area contributed by atoms with E-state index >= 15 is 0 Å². The van der Waals surface area contributed by atoms with E-state index in [-0.39, 0.29) is 25.0 Å². The lowest BCUT2D eigenvalue weighted by atomic mass is 9.99.